The first kappa shape index (κ1) is 13.3. The average molecular weight is 249 g/mol. The van der Waals surface area contributed by atoms with E-state index in [4.69, 9.17) is 5.73 Å². The van der Waals surface area contributed by atoms with Crippen molar-refractivity contribution in [2.45, 2.75) is 43.7 Å². The lowest BCUT2D eigenvalue weighted by Gasteiger charge is -2.40. The summed E-state index contributed by atoms with van der Waals surface area (Å²) in [6.45, 7) is 0. The van der Waals surface area contributed by atoms with E-state index in [0.29, 0.717) is 6.42 Å². The molecule has 0 spiro atoms. The minimum absolute atomic E-state index is 0.0950. The summed E-state index contributed by atoms with van der Waals surface area (Å²) in [4.78, 5) is 6.27. The first-order valence-electron chi connectivity index (χ1n) is 6.60. The van der Waals surface area contributed by atoms with Gasteiger partial charge in [-0.05, 0) is 38.6 Å². The lowest BCUT2D eigenvalue weighted by molar-refractivity contribution is -0.00245. The molecule has 100 valence electrons. The van der Waals surface area contributed by atoms with E-state index in [-0.39, 0.29) is 11.6 Å². The van der Waals surface area contributed by atoms with Crippen LogP contribution in [0.5, 0.6) is 0 Å². The quantitative estimate of drug-likeness (QED) is 0.847. The molecule has 18 heavy (non-hydrogen) atoms. The molecule has 1 atom stereocenters. The molecule has 0 bridgehead atoms. The Morgan fingerprint density at radius 1 is 1.44 bits per heavy atom. The Balaban J connectivity index is 2.16. The molecule has 0 aromatic carbocycles. The van der Waals surface area contributed by atoms with Crippen molar-refractivity contribution in [2.24, 2.45) is 0 Å². The van der Waals surface area contributed by atoms with Crippen molar-refractivity contribution >= 4 is 5.69 Å². The van der Waals surface area contributed by atoms with Crippen LogP contribution < -0.4 is 5.73 Å². The number of nitrogen functional groups attached to an aromatic ring is 1. The summed E-state index contributed by atoms with van der Waals surface area (Å²) in [5, 5.41) is 10.6. The summed E-state index contributed by atoms with van der Waals surface area (Å²) in [5.41, 5.74) is 7.49. The molecule has 4 heteroatoms. The topological polar surface area (TPSA) is 62.4 Å². The summed E-state index contributed by atoms with van der Waals surface area (Å²) in [6.07, 6.45) is 8.14. The van der Waals surface area contributed by atoms with Crippen LogP contribution >= 0.6 is 0 Å². The maximum Gasteiger partial charge on any atom is 0.0765 e. The molecule has 0 radical (unpaired) electrons. The maximum atomic E-state index is 10.6. The first-order valence-corrected chi connectivity index (χ1v) is 6.60. The molecule has 1 unspecified atom stereocenters. The second-order valence-corrected chi connectivity index (χ2v) is 5.50. The third-order valence-corrected chi connectivity index (χ3v) is 4.33. The van der Waals surface area contributed by atoms with Gasteiger partial charge >= 0.3 is 0 Å². The number of hydrogen-bond donors (Lipinski definition) is 2. The highest BCUT2D eigenvalue weighted by atomic mass is 16.3. The fourth-order valence-electron chi connectivity index (χ4n) is 3.07. The minimum atomic E-state index is -0.388. The van der Waals surface area contributed by atoms with Crippen LogP contribution in [0.15, 0.2) is 18.5 Å². The fraction of sp³-hybridized carbons (Fsp3) is 0.643. The number of nitrogens with two attached hydrogens (primary N) is 1. The number of aliphatic hydroxyl groups excluding tert-OH is 1. The number of anilines is 1. The van der Waals surface area contributed by atoms with Gasteiger partial charge in [-0.15, -0.1) is 0 Å². The largest absolute Gasteiger partial charge is 0.398 e. The third kappa shape index (κ3) is 2.35. The Labute approximate surface area is 109 Å². The van der Waals surface area contributed by atoms with Crippen LogP contribution in [-0.4, -0.2) is 40.7 Å². The second kappa shape index (κ2) is 5.24. The van der Waals surface area contributed by atoms with E-state index in [1.807, 2.05) is 0 Å². The molecule has 0 saturated heterocycles. The molecule has 1 aromatic rings. The van der Waals surface area contributed by atoms with E-state index >= 15 is 0 Å². The van der Waals surface area contributed by atoms with Gasteiger partial charge in [-0.1, -0.05) is 12.8 Å². The predicted octanol–water partition coefficient (Wildman–Crippen LogP) is 1.44. The van der Waals surface area contributed by atoms with Gasteiger partial charge in [0.25, 0.3) is 0 Å². The van der Waals surface area contributed by atoms with Gasteiger partial charge in [-0.2, -0.15) is 0 Å². The predicted molar refractivity (Wildman–Crippen MR) is 73.2 cm³/mol. The monoisotopic (exact) mass is 249 g/mol. The summed E-state index contributed by atoms with van der Waals surface area (Å²) in [6, 6.07) is 1.79. The van der Waals surface area contributed by atoms with Crippen molar-refractivity contribution in [3.8, 4) is 0 Å². The molecule has 0 aliphatic heterocycles. The van der Waals surface area contributed by atoms with Crippen molar-refractivity contribution in [3.63, 3.8) is 0 Å². The number of aromatic nitrogens is 1. The van der Waals surface area contributed by atoms with E-state index in [0.717, 1.165) is 24.1 Å². The van der Waals surface area contributed by atoms with Crippen molar-refractivity contribution in [1.82, 2.24) is 9.88 Å². The molecule has 2 rings (SSSR count). The highest BCUT2D eigenvalue weighted by Crippen LogP contribution is 2.38. The highest BCUT2D eigenvalue weighted by Gasteiger charge is 2.42. The summed E-state index contributed by atoms with van der Waals surface area (Å²) in [7, 11) is 4.11. The van der Waals surface area contributed by atoms with Crippen LogP contribution in [0.1, 0.15) is 31.2 Å². The molecule has 3 N–H and O–H groups in total. The van der Waals surface area contributed by atoms with E-state index in [2.05, 4.69) is 24.0 Å². The van der Waals surface area contributed by atoms with Gasteiger partial charge in [-0.25, -0.2) is 0 Å². The summed E-state index contributed by atoms with van der Waals surface area (Å²) >= 11 is 0. The number of likely N-dealkylation sites (N-methyl/N-ethyl adjacent to an activating group) is 1. The summed E-state index contributed by atoms with van der Waals surface area (Å²) < 4.78 is 0. The van der Waals surface area contributed by atoms with Crippen molar-refractivity contribution in [1.29, 1.82) is 0 Å². The Morgan fingerprint density at radius 3 is 2.67 bits per heavy atom. The van der Waals surface area contributed by atoms with Gasteiger partial charge in [-0.3, -0.25) is 4.98 Å². The van der Waals surface area contributed by atoms with E-state index < -0.39 is 0 Å². The second-order valence-electron chi connectivity index (χ2n) is 5.50. The van der Waals surface area contributed by atoms with Crippen LogP contribution in [0.4, 0.5) is 5.69 Å². The van der Waals surface area contributed by atoms with Crippen LogP contribution in [0.25, 0.3) is 0 Å². The van der Waals surface area contributed by atoms with Gasteiger partial charge in [0.05, 0.1) is 6.10 Å². The van der Waals surface area contributed by atoms with Gasteiger partial charge in [0, 0.05) is 30.0 Å². The molecule has 1 fully saturated rings. The van der Waals surface area contributed by atoms with E-state index in [9.17, 15) is 5.11 Å². The van der Waals surface area contributed by atoms with Gasteiger partial charge in [0.2, 0.25) is 0 Å². The zero-order valence-corrected chi connectivity index (χ0v) is 11.3. The molecule has 4 nitrogen and oxygen atoms in total. The normalized spacial score (nSPS) is 20.2. The number of rotatable bonds is 4. The minimum Gasteiger partial charge on any atom is -0.398 e. The van der Waals surface area contributed by atoms with Crippen molar-refractivity contribution < 1.29 is 5.11 Å². The average Bonchev–Trinajstić information content (AvgIpc) is 2.82. The molecular formula is C14H23N3O. The van der Waals surface area contributed by atoms with Crippen LogP contribution in [-0.2, 0) is 6.42 Å². The number of hydrogen-bond acceptors (Lipinski definition) is 4. The lowest BCUT2D eigenvalue weighted by atomic mass is 9.85. The Kier molecular flexibility index (Phi) is 3.88. The SMILES string of the molecule is CN(C)C1(C(O)Cc2cnccc2N)CCCC1. The first-order chi connectivity index (χ1) is 8.56. The molecule has 1 saturated carbocycles. The maximum absolute atomic E-state index is 10.6. The number of aliphatic hydroxyl groups is 1. The van der Waals surface area contributed by atoms with Gasteiger partial charge in [0.1, 0.15) is 0 Å². The molecule has 1 aliphatic carbocycles. The zero-order valence-electron chi connectivity index (χ0n) is 11.3. The number of pyridine rings is 1. The lowest BCUT2D eigenvalue weighted by Crippen LogP contribution is -2.52. The Morgan fingerprint density at radius 2 is 2.11 bits per heavy atom. The highest BCUT2D eigenvalue weighted by molar-refractivity contribution is 5.44. The third-order valence-electron chi connectivity index (χ3n) is 4.33. The van der Waals surface area contributed by atoms with Gasteiger partial charge in [0.15, 0.2) is 0 Å². The van der Waals surface area contributed by atoms with Crippen LogP contribution in [0.3, 0.4) is 0 Å². The molecule has 0 amide bonds. The number of nitrogens with zero attached hydrogens (tertiary/aromatic N) is 2. The summed E-state index contributed by atoms with van der Waals surface area (Å²) in [5.74, 6) is 0. The zero-order chi connectivity index (χ0) is 13.2. The van der Waals surface area contributed by atoms with Crippen LogP contribution in [0.2, 0.25) is 0 Å². The standard InChI is InChI=1S/C14H23N3O/c1-17(2)14(6-3-4-7-14)13(18)9-11-10-16-8-5-12(11)15/h5,8,10,13,18H,3-4,6-7,9H2,1-2H3,(H2,15,16). The van der Waals surface area contributed by atoms with Crippen LogP contribution in [0, 0.1) is 0 Å². The molecular weight excluding hydrogens is 226 g/mol. The smallest absolute Gasteiger partial charge is 0.0765 e. The van der Waals surface area contributed by atoms with Crippen molar-refractivity contribution in [3.05, 3.63) is 24.0 Å². The Bertz CT molecular complexity index is 400. The Hall–Kier alpha value is -1.13. The molecule has 1 heterocycles. The fourth-order valence-corrected chi connectivity index (χ4v) is 3.07. The van der Waals surface area contributed by atoms with E-state index in [1.165, 1.54) is 12.8 Å². The molecule has 1 aliphatic rings. The molecule has 1 aromatic heterocycles. The van der Waals surface area contributed by atoms with Crippen molar-refractivity contribution in [2.75, 3.05) is 19.8 Å². The van der Waals surface area contributed by atoms with Gasteiger partial charge < -0.3 is 15.7 Å². The van der Waals surface area contributed by atoms with E-state index in [1.54, 1.807) is 18.5 Å².